The Morgan fingerprint density at radius 2 is 1.88 bits per heavy atom. The van der Waals surface area contributed by atoms with Crippen LogP contribution in [0.25, 0.3) is 0 Å². The second-order valence-corrected chi connectivity index (χ2v) is 6.71. The Labute approximate surface area is 147 Å². The van der Waals surface area contributed by atoms with E-state index < -0.39 is 24.1 Å². The van der Waals surface area contributed by atoms with Crippen LogP contribution in [0.5, 0.6) is 5.75 Å². The van der Waals surface area contributed by atoms with Gasteiger partial charge in [0.05, 0.1) is 6.61 Å². The Balaban J connectivity index is 1.91. The van der Waals surface area contributed by atoms with Gasteiger partial charge in [-0.25, -0.2) is 13.2 Å². The van der Waals surface area contributed by atoms with Crippen LogP contribution in [-0.4, -0.2) is 13.3 Å². The van der Waals surface area contributed by atoms with Gasteiger partial charge in [0.1, 0.15) is 12.5 Å². The van der Waals surface area contributed by atoms with Crippen molar-refractivity contribution >= 4 is 0 Å². The molecule has 0 spiro atoms. The van der Waals surface area contributed by atoms with Gasteiger partial charge in [0.2, 0.25) is 5.82 Å². The lowest BCUT2D eigenvalue weighted by Gasteiger charge is -2.29. The van der Waals surface area contributed by atoms with Gasteiger partial charge in [0.25, 0.3) is 0 Å². The topological polar surface area (TPSA) is 9.23 Å². The molecule has 1 aliphatic rings. The Morgan fingerprint density at radius 1 is 1.16 bits per heavy atom. The third-order valence-corrected chi connectivity index (χ3v) is 4.89. The predicted molar refractivity (Wildman–Crippen MR) is 91.2 cm³/mol. The van der Waals surface area contributed by atoms with Crippen molar-refractivity contribution in [2.24, 2.45) is 5.92 Å². The van der Waals surface area contributed by atoms with Crippen LogP contribution in [0.2, 0.25) is 0 Å². The van der Waals surface area contributed by atoms with E-state index in [9.17, 15) is 17.6 Å². The van der Waals surface area contributed by atoms with Gasteiger partial charge in [-0.15, -0.1) is 0 Å². The second-order valence-electron chi connectivity index (χ2n) is 6.71. The number of benzene rings is 1. The van der Waals surface area contributed by atoms with Crippen LogP contribution in [0.15, 0.2) is 24.0 Å². The molecule has 1 nitrogen and oxygen atoms in total. The monoisotopic (exact) mass is 358 g/mol. The summed E-state index contributed by atoms with van der Waals surface area (Å²) in [5.74, 6) is -2.01. The highest BCUT2D eigenvalue weighted by Crippen LogP contribution is 2.40. The first-order chi connectivity index (χ1) is 12.1. The fourth-order valence-electron chi connectivity index (χ4n) is 3.48. The molecular weight excluding hydrogens is 332 g/mol. The van der Waals surface area contributed by atoms with Gasteiger partial charge in [0, 0.05) is 0 Å². The molecule has 140 valence electrons. The van der Waals surface area contributed by atoms with Crippen LogP contribution in [0, 0.1) is 17.6 Å². The quantitative estimate of drug-likeness (QED) is 0.474. The summed E-state index contributed by atoms with van der Waals surface area (Å²) in [6.45, 7) is 1.22. The Hall–Kier alpha value is -1.52. The molecule has 0 bridgehead atoms. The van der Waals surface area contributed by atoms with Crippen molar-refractivity contribution in [1.82, 2.24) is 0 Å². The summed E-state index contributed by atoms with van der Waals surface area (Å²) in [6, 6.07) is 3.15. The van der Waals surface area contributed by atoms with Gasteiger partial charge in [-0.2, -0.15) is 4.39 Å². The van der Waals surface area contributed by atoms with Gasteiger partial charge in [-0.1, -0.05) is 19.1 Å². The number of ether oxygens (including phenoxy) is 1. The molecule has 0 heterocycles. The molecule has 0 aliphatic heterocycles. The molecule has 0 amide bonds. The van der Waals surface area contributed by atoms with Gasteiger partial charge in [-0.05, 0) is 68.4 Å². The zero-order valence-electron chi connectivity index (χ0n) is 14.7. The molecule has 2 rings (SSSR count). The van der Waals surface area contributed by atoms with Gasteiger partial charge < -0.3 is 4.74 Å². The number of halogens is 4. The minimum absolute atomic E-state index is 0.00379. The van der Waals surface area contributed by atoms with E-state index >= 15 is 0 Å². The summed E-state index contributed by atoms with van der Waals surface area (Å²) >= 11 is 0. The molecule has 5 heteroatoms. The van der Waals surface area contributed by atoms with Gasteiger partial charge >= 0.3 is 0 Å². The van der Waals surface area contributed by atoms with Crippen molar-refractivity contribution < 1.29 is 22.3 Å². The molecule has 25 heavy (non-hydrogen) atoms. The molecule has 0 saturated heterocycles. The van der Waals surface area contributed by atoms with Gasteiger partial charge in [-0.3, -0.25) is 0 Å². The zero-order valence-corrected chi connectivity index (χ0v) is 14.7. The largest absolute Gasteiger partial charge is 0.490 e. The summed E-state index contributed by atoms with van der Waals surface area (Å²) in [7, 11) is 0. The summed E-state index contributed by atoms with van der Waals surface area (Å²) in [5.41, 5.74) is 0.420. The van der Waals surface area contributed by atoms with E-state index in [-0.39, 0.29) is 11.7 Å². The minimum Gasteiger partial charge on any atom is -0.490 e. The first-order valence-corrected chi connectivity index (χ1v) is 9.08. The average Bonchev–Trinajstić information content (AvgIpc) is 2.63. The van der Waals surface area contributed by atoms with E-state index in [4.69, 9.17) is 4.74 Å². The van der Waals surface area contributed by atoms with Crippen LogP contribution in [0.3, 0.4) is 0 Å². The molecule has 0 aromatic heterocycles. The molecule has 0 radical (unpaired) electrons. The molecule has 1 fully saturated rings. The SMILES string of the molecule is CCCOc1ccc(C2CCC(CC/C=C(\F)CF)CC2)c(F)c1F. The Bertz CT molecular complexity index is 577. The van der Waals surface area contributed by atoms with E-state index in [1.54, 1.807) is 6.07 Å². The van der Waals surface area contributed by atoms with Crippen molar-refractivity contribution in [3.05, 3.63) is 41.2 Å². The highest BCUT2D eigenvalue weighted by Gasteiger charge is 2.26. The Kier molecular flexibility index (Phi) is 7.79. The zero-order chi connectivity index (χ0) is 18.2. The Morgan fingerprint density at radius 3 is 2.52 bits per heavy atom. The highest BCUT2D eigenvalue weighted by molar-refractivity contribution is 5.33. The number of allylic oxidation sites excluding steroid dienone is 2. The maximum atomic E-state index is 14.4. The lowest BCUT2D eigenvalue weighted by Crippen LogP contribution is -2.15. The van der Waals surface area contributed by atoms with Crippen LogP contribution >= 0.6 is 0 Å². The first-order valence-electron chi connectivity index (χ1n) is 9.08. The van der Waals surface area contributed by atoms with Crippen LogP contribution < -0.4 is 4.74 Å². The van der Waals surface area contributed by atoms with E-state index in [0.717, 1.165) is 38.5 Å². The van der Waals surface area contributed by atoms with Crippen molar-refractivity contribution in [3.8, 4) is 5.75 Å². The molecule has 1 aromatic carbocycles. The summed E-state index contributed by atoms with van der Waals surface area (Å²) in [6.07, 6.45) is 6.72. The van der Waals surface area contributed by atoms with E-state index in [2.05, 4.69) is 0 Å². The standard InChI is InChI=1S/C20H26F4O/c1-2-12-25-18-11-10-17(19(23)20(18)24)15-8-6-14(7-9-15)4-3-5-16(22)13-21/h5,10-11,14-15H,2-4,6-9,12-13H2,1H3/b16-5-. The molecule has 1 saturated carbocycles. The van der Waals surface area contributed by atoms with Crippen LogP contribution in [0.1, 0.15) is 63.4 Å². The maximum Gasteiger partial charge on any atom is 0.200 e. The second kappa shape index (κ2) is 9.83. The maximum absolute atomic E-state index is 14.4. The lowest BCUT2D eigenvalue weighted by molar-refractivity contribution is 0.288. The highest BCUT2D eigenvalue weighted by atomic mass is 19.2. The number of rotatable bonds is 8. The third kappa shape index (κ3) is 5.48. The van der Waals surface area contributed by atoms with Crippen molar-refractivity contribution in [2.45, 2.75) is 57.8 Å². The predicted octanol–water partition coefficient (Wildman–Crippen LogP) is 6.63. The first kappa shape index (κ1) is 19.8. The molecule has 0 atom stereocenters. The fraction of sp³-hybridized carbons (Fsp3) is 0.600. The van der Waals surface area contributed by atoms with Crippen molar-refractivity contribution in [2.75, 3.05) is 13.3 Å². The molecule has 0 unspecified atom stereocenters. The van der Waals surface area contributed by atoms with Crippen LogP contribution in [-0.2, 0) is 0 Å². The summed E-state index contributed by atoms with van der Waals surface area (Å²) < 4.78 is 58.5. The lowest BCUT2D eigenvalue weighted by atomic mass is 9.77. The average molecular weight is 358 g/mol. The van der Waals surface area contributed by atoms with Gasteiger partial charge in [0.15, 0.2) is 11.6 Å². The van der Waals surface area contributed by atoms with Crippen molar-refractivity contribution in [3.63, 3.8) is 0 Å². The normalized spacial score (nSPS) is 21.4. The number of hydrogen-bond donors (Lipinski definition) is 0. The smallest absolute Gasteiger partial charge is 0.200 e. The molecular formula is C20H26F4O. The van der Waals surface area contributed by atoms with E-state index in [1.165, 1.54) is 12.1 Å². The van der Waals surface area contributed by atoms with Crippen LogP contribution in [0.4, 0.5) is 17.6 Å². The number of hydrogen-bond acceptors (Lipinski definition) is 1. The minimum atomic E-state index is -1.05. The summed E-state index contributed by atoms with van der Waals surface area (Å²) in [4.78, 5) is 0. The molecule has 1 aromatic rings. The molecule has 0 N–H and O–H groups in total. The van der Waals surface area contributed by atoms with Crippen molar-refractivity contribution in [1.29, 1.82) is 0 Å². The summed E-state index contributed by atoms with van der Waals surface area (Å²) in [5, 5.41) is 0. The molecule has 1 aliphatic carbocycles. The fourth-order valence-corrected chi connectivity index (χ4v) is 3.48. The third-order valence-electron chi connectivity index (χ3n) is 4.89. The van der Waals surface area contributed by atoms with E-state index in [0.29, 0.717) is 24.5 Å². The number of alkyl halides is 1. The van der Waals surface area contributed by atoms with E-state index in [1.807, 2.05) is 6.92 Å².